The molecule has 0 amide bonds. The van der Waals surface area contributed by atoms with Crippen LogP contribution in [0.15, 0.2) is 41.3 Å². The van der Waals surface area contributed by atoms with Crippen LogP contribution >= 0.6 is 23.2 Å². The first-order valence-corrected chi connectivity index (χ1v) is 8.35. The van der Waals surface area contributed by atoms with Crippen LogP contribution in [0.3, 0.4) is 0 Å². The van der Waals surface area contributed by atoms with Gasteiger partial charge in [-0.3, -0.25) is 4.72 Å². The Morgan fingerprint density at radius 1 is 1.10 bits per heavy atom. The van der Waals surface area contributed by atoms with Gasteiger partial charge in [-0.2, -0.15) is 0 Å². The fourth-order valence-corrected chi connectivity index (χ4v) is 3.29. The predicted octanol–water partition coefficient (Wildman–Crippen LogP) is 3.56. The molecule has 0 atom stereocenters. The fraction of sp³-hybridized carbons (Fsp3) is 0.143. The number of nitrogens with two attached hydrogens (primary N) is 1. The summed E-state index contributed by atoms with van der Waals surface area (Å²) >= 11 is 12.0. The molecule has 0 fully saturated rings. The van der Waals surface area contributed by atoms with Crippen LogP contribution in [0.2, 0.25) is 10.0 Å². The average Bonchev–Trinajstić information content (AvgIpc) is 2.44. The lowest BCUT2D eigenvalue weighted by Gasteiger charge is -2.11. The minimum atomic E-state index is -3.72. The van der Waals surface area contributed by atoms with Crippen molar-refractivity contribution in [3.05, 3.63) is 57.6 Å². The lowest BCUT2D eigenvalue weighted by atomic mass is 10.2. The number of halogens is 2. The molecule has 0 heterocycles. The monoisotopic (exact) mass is 344 g/mol. The molecule has 0 aliphatic heterocycles. The highest BCUT2D eigenvalue weighted by atomic mass is 35.5. The Bertz CT molecular complexity index is 759. The van der Waals surface area contributed by atoms with E-state index in [1.54, 1.807) is 25.1 Å². The van der Waals surface area contributed by atoms with Gasteiger partial charge < -0.3 is 5.73 Å². The van der Waals surface area contributed by atoms with Crippen LogP contribution in [-0.4, -0.2) is 8.42 Å². The van der Waals surface area contributed by atoms with Gasteiger partial charge >= 0.3 is 0 Å². The molecule has 3 N–H and O–H groups in total. The number of rotatable bonds is 4. The molecule has 7 heteroatoms. The molecular weight excluding hydrogens is 331 g/mol. The summed E-state index contributed by atoms with van der Waals surface area (Å²) in [4.78, 5) is 0.132. The molecule has 2 aromatic rings. The van der Waals surface area contributed by atoms with Crippen molar-refractivity contribution in [2.45, 2.75) is 18.4 Å². The SMILES string of the molecule is Cc1cc(Cl)c(NS(=O)(=O)c2ccc(CN)cc2)cc1Cl. The van der Waals surface area contributed by atoms with Crippen LogP contribution in [0.5, 0.6) is 0 Å². The molecule has 21 heavy (non-hydrogen) atoms. The summed E-state index contributed by atoms with van der Waals surface area (Å²) in [5, 5.41) is 0.731. The average molecular weight is 345 g/mol. The lowest BCUT2D eigenvalue weighted by Crippen LogP contribution is -2.13. The molecule has 2 aromatic carbocycles. The Hall–Kier alpha value is -1.27. The Labute approximate surface area is 133 Å². The molecule has 4 nitrogen and oxygen atoms in total. The number of sulfonamides is 1. The van der Waals surface area contributed by atoms with Crippen molar-refractivity contribution in [3.63, 3.8) is 0 Å². The van der Waals surface area contributed by atoms with Crippen LogP contribution in [0.1, 0.15) is 11.1 Å². The lowest BCUT2D eigenvalue weighted by molar-refractivity contribution is 0.601. The van der Waals surface area contributed by atoms with Gasteiger partial charge in [-0.25, -0.2) is 8.42 Å². The number of nitrogens with one attached hydrogen (secondary N) is 1. The smallest absolute Gasteiger partial charge is 0.261 e. The zero-order valence-corrected chi connectivity index (χ0v) is 13.6. The van der Waals surface area contributed by atoms with E-state index in [9.17, 15) is 8.42 Å². The van der Waals surface area contributed by atoms with E-state index < -0.39 is 10.0 Å². The standard InChI is InChI=1S/C14H14Cl2N2O2S/c1-9-6-13(16)14(7-12(9)15)18-21(19,20)11-4-2-10(8-17)3-5-11/h2-7,18H,8,17H2,1H3. The van der Waals surface area contributed by atoms with Crippen LogP contribution in [0.4, 0.5) is 5.69 Å². The van der Waals surface area contributed by atoms with Crippen LogP contribution in [0, 0.1) is 6.92 Å². The van der Waals surface area contributed by atoms with E-state index in [1.807, 2.05) is 0 Å². The molecule has 0 radical (unpaired) electrons. The maximum Gasteiger partial charge on any atom is 0.261 e. The van der Waals surface area contributed by atoms with E-state index >= 15 is 0 Å². The van der Waals surface area contributed by atoms with Gasteiger partial charge in [-0.05, 0) is 42.3 Å². The van der Waals surface area contributed by atoms with E-state index in [0.29, 0.717) is 16.6 Å². The second-order valence-corrected chi connectivity index (χ2v) is 7.03. The number of benzene rings is 2. The molecular formula is C14H14Cl2N2O2S. The van der Waals surface area contributed by atoms with Gasteiger partial charge in [0, 0.05) is 11.6 Å². The van der Waals surface area contributed by atoms with Gasteiger partial charge in [0.1, 0.15) is 0 Å². The minimum Gasteiger partial charge on any atom is -0.326 e. The van der Waals surface area contributed by atoms with Crippen molar-refractivity contribution in [1.29, 1.82) is 0 Å². The molecule has 2 rings (SSSR count). The molecule has 0 spiro atoms. The Kier molecular flexibility index (Phi) is 4.78. The normalized spacial score (nSPS) is 11.4. The number of hydrogen-bond donors (Lipinski definition) is 2. The topological polar surface area (TPSA) is 72.2 Å². The summed E-state index contributed by atoms with van der Waals surface area (Å²) in [7, 11) is -3.72. The van der Waals surface area contributed by atoms with Gasteiger partial charge in [0.05, 0.1) is 15.6 Å². The predicted molar refractivity (Wildman–Crippen MR) is 86.3 cm³/mol. The highest BCUT2D eigenvalue weighted by Crippen LogP contribution is 2.30. The van der Waals surface area contributed by atoms with Crippen LogP contribution in [0.25, 0.3) is 0 Å². The Morgan fingerprint density at radius 3 is 2.29 bits per heavy atom. The van der Waals surface area contributed by atoms with Crippen molar-refractivity contribution in [2.75, 3.05) is 4.72 Å². The maximum atomic E-state index is 12.3. The van der Waals surface area contributed by atoms with E-state index in [4.69, 9.17) is 28.9 Å². The highest BCUT2D eigenvalue weighted by Gasteiger charge is 2.16. The quantitative estimate of drug-likeness (QED) is 0.890. The van der Waals surface area contributed by atoms with Gasteiger partial charge in [0.25, 0.3) is 10.0 Å². The van der Waals surface area contributed by atoms with Crippen molar-refractivity contribution in [2.24, 2.45) is 5.73 Å². The third-order valence-corrected chi connectivity index (χ3v) is 5.06. The first-order valence-electron chi connectivity index (χ1n) is 6.11. The molecule has 0 saturated heterocycles. The van der Waals surface area contributed by atoms with Crippen molar-refractivity contribution in [1.82, 2.24) is 0 Å². The van der Waals surface area contributed by atoms with Crippen LogP contribution in [-0.2, 0) is 16.6 Å². The summed E-state index contributed by atoms with van der Waals surface area (Å²) < 4.78 is 27.0. The highest BCUT2D eigenvalue weighted by molar-refractivity contribution is 7.92. The molecule has 0 aromatic heterocycles. The second kappa shape index (κ2) is 6.23. The zero-order valence-electron chi connectivity index (χ0n) is 11.2. The van der Waals surface area contributed by atoms with E-state index in [0.717, 1.165) is 11.1 Å². The maximum absolute atomic E-state index is 12.3. The van der Waals surface area contributed by atoms with Crippen LogP contribution < -0.4 is 10.5 Å². The van der Waals surface area contributed by atoms with E-state index in [2.05, 4.69) is 4.72 Å². The molecule has 0 bridgehead atoms. The summed E-state index contributed by atoms with van der Waals surface area (Å²) in [6.45, 7) is 2.14. The summed E-state index contributed by atoms with van der Waals surface area (Å²) in [6.07, 6.45) is 0. The van der Waals surface area contributed by atoms with Gasteiger partial charge in [-0.1, -0.05) is 35.3 Å². The minimum absolute atomic E-state index is 0.132. The van der Waals surface area contributed by atoms with Gasteiger partial charge in [0.2, 0.25) is 0 Å². The third kappa shape index (κ3) is 3.68. The van der Waals surface area contributed by atoms with Gasteiger partial charge in [-0.15, -0.1) is 0 Å². The first-order chi connectivity index (χ1) is 9.83. The van der Waals surface area contributed by atoms with Crippen molar-refractivity contribution >= 4 is 38.9 Å². The number of aryl methyl sites for hydroxylation is 1. The third-order valence-electron chi connectivity index (χ3n) is 2.96. The zero-order chi connectivity index (χ0) is 15.6. The molecule has 112 valence electrons. The summed E-state index contributed by atoms with van der Waals surface area (Å²) in [5.41, 5.74) is 7.36. The second-order valence-electron chi connectivity index (χ2n) is 4.53. The fourth-order valence-electron chi connectivity index (χ4n) is 1.73. The van der Waals surface area contributed by atoms with E-state index in [-0.39, 0.29) is 10.6 Å². The van der Waals surface area contributed by atoms with E-state index in [1.165, 1.54) is 18.2 Å². The number of anilines is 1. The summed E-state index contributed by atoms with van der Waals surface area (Å²) in [6, 6.07) is 9.42. The van der Waals surface area contributed by atoms with Crippen molar-refractivity contribution < 1.29 is 8.42 Å². The molecule has 0 aliphatic carbocycles. The Morgan fingerprint density at radius 2 is 1.71 bits per heavy atom. The van der Waals surface area contributed by atoms with Gasteiger partial charge in [0.15, 0.2) is 0 Å². The first kappa shape index (κ1) is 16.1. The molecule has 0 aliphatic rings. The molecule has 0 saturated carbocycles. The largest absolute Gasteiger partial charge is 0.326 e. The summed E-state index contributed by atoms with van der Waals surface area (Å²) in [5.74, 6) is 0. The molecule has 0 unspecified atom stereocenters. The van der Waals surface area contributed by atoms with Crippen molar-refractivity contribution in [3.8, 4) is 0 Å². The number of hydrogen-bond acceptors (Lipinski definition) is 3. The Balaban J connectivity index is 2.34.